The Hall–Kier alpha value is -0.460. The Morgan fingerprint density at radius 3 is 2.81 bits per heavy atom. The average Bonchev–Trinajstić information content (AvgIpc) is 2.70. The molecule has 1 nitrogen and oxygen atoms in total. The summed E-state index contributed by atoms with van der Waals surface area (Å²) < 4.78 is 13.8. The predicted octanol–water partition coefficient (Wildman–Crippen LogP) is 3.73. The lowest BCUT2D eigenvalue weighted by Crippen LogP contribution is -2.14. The van der Waals surface area contributed by atoms with E-state index in [1.807, 2.05) is 5.38 Å². The van der Waals surface area contributed by atoms with Crippen molar-refractivity contribution in [3.8, 4) is 0 Å². The lowest BCUT2D eigenvalue weighted by Gasteiger charge is -2.13. The molecule has 0 aliphatic rings. The van der Waals surface area contributed by atoms with E-state index >= 15 is 0 Å². The van der Waals surface area contributed by atoms with Crippen molar-refractivity contribution in [2.24, 2.45) is 5.73 Å². The van der Waals surface area contributed by atoms with Crippen LogP contribution in [0.25, 0.3) is 0 Å². The molecule has 0 saturated carbocycles. The van der Waals surface area contributed by atoms with Crippen LogP contribution < -0.4 is 5.73 Å². The van der Waals surface area contributed by atoms with Gasteiger partial charge in [-0.3, -0.25) is 0 Å². The highest BCUT2D eigenvalue weighted by atomic mass is 127. The van der Waals surface area contributed by atoms with Crippen LogP contribution in [0, 0.1) is 9.39 Å². The number of hydrogen-bond acceptors (Lipinski definition) is 2. The Kier molecular flexibility index (Phi) is 3.94. The normalized spacial score (nSPS) is 12.7. The van der Waals surface area contributed by atoms with Crippen molar-refractivity contribution in [2.75, 3.05) is 0 Å². The van der Waals surface area contributed by atoms with Gasteiger partial charge in [0, 0.05) is 9.61 Å². The highest BCUT2D eigenvalue weighted by molar-refractivity contribution is 14.1. The maximum Gasteiger partial charge on any atom is 0.124 e. The van der Waals surface area contributed by atoms with E-state index in [0.717, 1.165) is 15.6 Å². The van der Waals surface area contributed by atoms with E-state index in [4.69, 9.17) is 5.73 Å². The number of thiophene rings is 1. The van der Waals surface area contributed by atoms with Crippen LogP contribution >= 0.6 is 33.9 Å². The molecule has 4 heteroatoms. The van der Waals surface area contributed by atoms with Gasteiger partial charge in [0.25, 0.3) is 0 Å². The molecule has 0 radical (unpaired) electrons. The molecule has 84 valence electrons. The van der Waals surface area contributed by atoms with Gasteiger partial charge >= 0.3 is 0 Å². The molecule has 2 N–H and O–H groups in total. The molecule has 0 spiro atoms. The van der Waals surface area contributed by atoms with Gasteiger partial charge in [0.05, 0.1) is 0 Å². The zero-order chi connectivity index (χ0) is 11.5. The van der Waals surface area contributed by atoms with Gasteiger partial charge in [-0.1, -0.05) is 6.07 Å². The van der Waals surface area contributed by atoms with Crippen LogP contribution in [0.5, 0.6) is 0 Å². The maximum atomic E-state index is 12.9. The molecule has 2 rings (SSSR count). The molecule has 1 unspecified atom stereocenters. The van der Waals surface area contributed by atoms with E-state index in [-0.39, 0.29) is 11.9 Å². The lowest BCUT2D eigenvalue weighted by atomic mass is 10.0. The fourth-order valence-electron chi connectivity index (χ4n) is 1.57. The Balaban J connectivity index is 2.17. The number of nitrogens with two attached hydrogens (primary N) is 1. The molecule has 16 heavy (non-hydrogen) atoms. The monoisotopic (exact) mass is 347 g/mol. The van der Waals surface area contributed by atoms with E-state index in [9.17, 15) is 4.39 Å². The Morgan fingerprint density at radius 2 is 2.19 bits per heavy atom. The molecular formula is C12H11FINS. The summed E-state index contributed by atoms with van der Waals surface area (Å²) in [5.41, 5.74) is 8.36. The summed E-state index contributed by atoms with van der Waals surface area (Å²) in [6.45, 7) is 0. The van der Waals surface area contributed by atoms with Crippen molar-refractivity contribution in [1.29, 1.82) is 0 Å². The topological polar surface area (TPSA) is 26.0 Å². The molecule has 1 atom stereocenters. The summed E-state index contributed by atoms with van der Waals surface area (Å²) in [6.07, 6.45) is 0.797. The largest absolute Gasteiger partial charge is 0.324 e. The molecule has 0 fully saturated rings. The van der Waals surface area contributed by atoms with Crippen LogP contribution in [0.2, 0.25) is 0 Å². The first-order valence-corrected chi connectivity index (χ1v) is 6.90. The van der Waals surface area contributed by atoms with Gasteiger partial charge in [0.2, 0.25) is 0 Å². The summed E-state index contributed by atoms with van der Waals surface area (Å²) in [7, 11) is 0. The van der Waals surface area contributed by atoms with Crippen molar-refractivity contribution in [3.63, 3.8) is 0 Å². The quantitative estimate of drug-likeness (QED) is 0.842. The Morgan fingerprint density at radius 1 is 1.38 bits per heavy atom. The molecule has 0 aliphatic heterocycles. The minimum atomic E-state index is -0.212. The fraction of sp³-hybridized carbons (Fsp3) is 0.167. The van der Waals surface area contributed by atoms with E-state index < -0.39 is 0 Å². The molecule has 2 aromatic rings. The van der Waals surface area contributed by atoms with E-state index in [1.54, 1.807) is 17.4 Å². The Bertz CT molecular complexity index is 470. The van der Waals surface area contributed by atoms with Crippen molar-refractivity contribution < 1.29 is 4.39 Å². The molecule has 0 bridgehead atoms. The Labute approximate surface area is 112 Å². The second-order valence-corrected chi connectivity index (χ2v) is 5.55. The fourth-order valence-corrected chi connectivity index (χ4v) is 3.13. The van der Waals surface area contributed by atoms with Gasteiger partial charge < -0.3 is 5.73 Å². The third-order valence-electron chi connectivity index (χ3n) is 2.40. The summed E-state index contributed by atoms with van der Waals surface area (Å²) in [6, 6.07) is 6.76. The van der Waals surface area contributed by atoms with Crippen LogP contribution in [0.4, 0.5) is 4.39 Å². The summed E-state index contributed by atoms with van der Waals surface area (Å²) in [4.78, 5) is 0. The van der Waals surface area contributed by atoms with Gasteiger partial charge in [0.1, 0.15) is 5.82 Å². The number of benzene rings is 1. The van der Waals surface area contributed by atoms with Gasteiger partial charge in [-0.2, -0.15) is 11.3 Å². The van der Waals surface area contributed by atoms with E-state index in [0.29, 0.717) is 0 Å². The number of rotatable bonds is 3. The van der Waals surface area contributed by atoms with Gasteiger partial charge in [-0.25, -0.2) is 4.39 Å². The van der Waals surface area contributed by atoms with Crippen molar-refractivity contribution in [2.45, 2.75) is 12.5 Å². The predicted molar refractivity (Wildman–Crippen MR) is 74.1 cm³/mol. The van der Waals surface area contributed by atoms with Crippen LogP contribution in [-0.2, 0) is 6.42 Å². The second-order valence-electron chi connectivity index (χ2n) is 3.61. The molecule has 0 aliphatic carbocycles. The molecule has 0 amide bonds. The first-order valence-electron chi connectivity index (χ1n) is 4.88. The van der Waals surface area contributed by atoms with E-state index in [2.05, 4.69) is 34.0 Å². The molecular weight excluding hydrogens is 336 g/mol. The van der Waals surface area contributed by atoms with Gasteiger partial charge in [-0.05, 0) is 69.1 Å². The third-order valence-corrected chi connectivity index (χ3v) is 4.06. The zero-order valence-corrected chi connectivity index (χ0v) is 11.5. The number of hydrogen-bond donors (Lipinski definition) is 1. The minimum absolute atomic E-state index is 0.0675. The SMILES string of the molecule is NC(Cc1ccsc1)c1ccc(F)cc1I. The molecule has 0 saturated heterocycles. The summed E-state index contributed by atoms with van der Waals surface area (Å²) in [5, 5.41) is 4.13. The zero-order valence-electron chi connectivity index (χ0n) is 8.49. The van der Waals surface area contributed by atoms with Crippen molar-refractivity contribution in [3.05, 3.63) is 55.5 Å². The first-order chi connectivity index (χ1) is 7.66. The average molecular weight is 347 g/mol. The highest BCUT2D eigenvalue weighted by Gasteiger charge is 2.11. The second kappa shape index (κ2) is 5.25. The first kappa shape index (κ1) is 12.0. The summed E-state index contributed by atoms with van der Waals surface area (Å²) >= 11 is 3.79. The molecule has 1 heterocycles. The third kappa shape index (κ3) is 2.81. The van der Waals surface area contributed by atoms with Crippen LogP contribution in [0.1, 0.15) is 17.2 Å². The smallest absolute Gasteiger partial charge is 0.124 e. The lowest BCUT2D eigenvalue weighted by molar-refractivity contribution is 0.622. The van der Waals surface area contributed by atoms with E-state index in [1.165, 1.54) is 17.7 Å². The minimum Gasteiger partial charge on any atom is -0.324 e. The van der Waals surface area contributed by atoms with Crippen LogP contribution in [0.15, 0.2) is 35.0 Å². The number of halogens is 2. The summed E-state index contributed by atoms with van der Waals surface area (Å²) in [5.74, 6) is -0.212. The van der Waals surface area contributed by atoms with Crippen molar-refractivity contribution in [1.82, 2.24) is 0 Å². The highest BCUT2D eigenvalue weighted by Crippen LogP contribution is 2.23. The van der Waals surface area contributed by atoms with Crippen LogP contribution in [-0.4, -0.2) is 0 Å². The molecule has 1 aromatic heterocycles. The van der Waals surface area contributed by atoms with Gasteiger partial charge in [0.15, 0.2) is 0 Å². The maximum absolute atomic E-state index is 12.9. The van der Waals surface area contributed by atoms with Crippen LogP contribution in [0.3, 0.4) is 0 Å². The standard InChI is InChI=1S/C12H11FINS/c13-9-1-2-10(11(14)6-9)12(15)5-8-3-4-16-7-8/h1-4,6-7,12H,5,15H2. The van der Waals surface area contributed by atoms with Crippen molar-refractivity contribution >= 4 is 33.9 Å². The van der Waals surface area contributed by atoms with Gasteiger partial charge in [-0.15, -0.1) is 0 Å². The molecule has 1 aromatic carbocycles.